The van der Waals surface area contributed by atoms with Gasteiger partial charge in [-0.1, -0.05) is 48.5 Å². The number of fused-ring (bicyclic) bond motifs is 1. The lowest BCUT2D eigenvalue weighted by molar-refractivity contribution is 0.0938. The summed E-state index contributed by atoms with van der Waals surface area (Å²) < 4.78 is 27.9. The van der Waals surface area contributed by atoms with Crippen LogP contribution >= 0.6 is 0 Å². The first-order valence-corrected chi connectivity index (χ1v) is 11.3. The molecule has 0 saturated carbocycles. The van der Waals surface area contributed by atoms with Gasteiger partial charge < -0.3 is 10.3 Å². The molecule has 0 radical (unpaired) electrons. The maximum Gasteiger partial charge on any atom is 0.251 e. The van der Waals surface area contributed by atoms with Gasteiger partial charge in [-0.15, -0.1) is 0 Å². The van der Waals surface area contributed by atoms with Crippen molar-refractivity contribution >= 4 is 27.0 Å². The number of rotatable bonds is 7. The molecule has 1 atom stereocenters. The molecule has 1 aromatic heterocycles. The molecule has 1 unspecified atom stereocenters. The van der Waals surface area contributed by atoms with Gasteiger partial charge in [0.1, 0.15) is 5.82 Å². The molecule has 0 saturated heterocycles. The van der Waals surface area contributed by atoms with Crippen LogP contribution in [0.3, 0.4) is 0 Å². The zero-order valence-corrected chi connectivity index (χ0v) is 17.7. The second-order valence-corrected chi connectivity index (χ2v) is 8.94. The number of H-pyrrole nitrogens is 1. The molecule has 0 spiro atoms. The molecule has 7 nitrogen and oxygen atoms in total. The fraction of sp³-hybridized carbons (Fsp3) is 0.130. The van der Waals surface area contributed by atoms with Crippen LogP contribution in [0.1, 0.15) is 34.7 Å². The van der Waals surface area contributed by atoms with Crippen LogP contribution in [0.25, 0.3) is 11.0 Å². The molecule has 4 aromatic rings. The van der Waals surface area contributed by atoms with E-state index in [-0.39, 0.29) is 29.0 Å². The van der Waals surface area contributed by atoms with Crippen LogP contribution in [-0.4, -0.2) is 24.3 Å². The van der Waals surface area contributed by atoms with Crippen molar-refractivity contribution in [2.45, 2.75) is 24.4 Å². The summed E-state index contributed by atoms with van der Waals surface area (Å²) >= 11 is 0. The van der Waals surface area contributed by atoms with E-state index in [9.17, 15) is 13.2 Å². The summed E-state index contributed by atoms with van der Waals surface area (Å²) in [6.07, 6.45) is 0. The minimum absolute atomic E-state index is 0.0347. The van der Waals surface area contributed by atoms with Crippen molar-refractivity contribution in [2.75, 3.05) is 0 Å². The van der Waals surface area contributed by atoms with Crippen LogP contribution < -0.4 is 10.0 Å². The first kappa shape index (κ1) is 20.8. The average molecular weight is 435 g/mol. The van der Waals surface area contributed by atoms with Gasteiger partial charge in [-0.05, 0) is 42.8 Å². The summed E-state index contributed by atoms with van der Waals surface area (Å²) in [5.41, 5.74) is 2.80. The van der Waals surface area contributed by atoms with Gasteiger partial charge in [0.25, 0.3) is 5.91 Å². The molecule has 0 aliphatic heterocycles. The molecule has 3 aromatic carbocycles. The number of amides is 1. The fourth-order valence-corrected chi connectivity index (χ4v) is 4.25. The monoisotopic (exact) mass is 434 g/mol. The van der Waals surface area contributed by atoms with Gasteiger partial charge in [0.15, 0.2) is 0 Å². The zero-order valence-electron chi connectivity index (χ0n) is 16.9. The summed E-state index contributed by atoms with van der Waals surface area (Å²) in [6, 6.07) is 22.4. The Labute approximate surface area is 180 Å². The Morgan fingerprint density at radius 2 is 1.74 bits per heavy atom. The van der Waals surface area contributed by atoms with Crippen molar-refractivity contribution in [3.8, 4) is 0 Å². The Bertz CT molecular complexity index is 1280. The second kappa shape index (κ2) is 8.71. The Hall–Kier alpha value is -3.49. The SMILES string of the molecule is CC(NC(=O)c1cccc(S(=O)(=O)NCc2ccccc2)c1)c1nc2ccccc2[nH]1. The first-order chi connectivity index (χ1) is 14.9. The molecule has 0 fully saturated rings. The Kier molecular flexibility index (Phi) is 5.83. The molecule has 0 aliphatic carbocycles. The van der Waals surface area contributed by atoms with Crippen molar-refractivity contribution in [1.82, 2.24) is 20.0 Å². The van der Waals surface area contributed by atoms with E-state index in [0.29, 0.717) is 5.82 Å². The van der Waals surface area contributed by atoms with Gasteiger partial charge >= 0.3 is 0 Å². The van der Waals surface area contributed by atoms with E-state index in [4.69, 9.17) is 0 Å². The third kappa shape index (κ3) is 4.82. The van der Waals surface area contributed by atoms with Crippen molar-refractivity contribution in [3.63, 3.8) is 0 Å². The van der Waals surface area contributed by atoms with Gasteiger partial charge in [0.2, 0.25) is 10.0 Å². The highest BCUT2D eigenvalue weighted by Gasteiger charge is 2.18. The molecular weight excluding hydrogens is 412 g/mol. The van der Waals surface area contributed by atoms with Crippen molar-refractivity contribution < 1.29 is 13.2 Å². The number of aromatic nitrogens is 2. The van der Waals surface area contributed by atoms with Gasteiger partial charge in [0, 0.05) is 12.1 Å². The van der Waals surface area contributed by atoms with Crippen LogP contribution in [0.2, 0.25) is 0 Å². The molecule has 158 valence electrons. The van der Waals surface area contributed by atoms with Crippen molar-refractivity contribution in [3.05, 3.63) is 95.8 Å². The van der Waals surface area contributed by atoms with Gasteiger partial charge in [-0.3, -0.25) is 4.79 Å². The number of nitrogens with one attached hydrogen (secondary N) is 3. The largest absolute Gasteiger partial charge is 0.342 e. The molecule has 31 heavy (non-hydrogen) atoms. The Balaban J connectivity index is 1.47. The third-order valence-corrected chi connectivity index (χ3v) is 6.28. The lowest BCUT2D eigenvalue weighted by Crippen LogP contribution is -2.28. The second-order valence-electron chi connectivity index (χ2n) is 7.17. The Morgan fingerprint density at radius 1 is 1.00 bits per heavy atom. The molecule has 1 heterocycles. The van der Waals surface area contributed by atoms with E-state index in [0.717, 1.165) is 16.6 Å². The maximum absolute atomic E-state index is 12.7. The van der Waals surface area contributed by atoms with Gasteiger partial charge in [0.05, 0.1) is 22.0 Å². The third-order valence-electron chi connectivity index (χ3n) is 4.88. The number of aromatic amines is 1. The zero-order chi connectivity index (χ0) is 21.8. The smallest absolute Gasteiger partial charge is 0.251 e. The topological polar surface area (TPSA) is 104 Å². The van der Waals surface area contributed by atoms with Gasteiger partial charge in [-0.25, -0.2) is 18.1 Å². The molecular formula is C23H22N4O3S. The number of imidazole rings is 1. The van der Waals surface area contributed by atoms with Crippen molar-refractivity contribution in [1.29, 1.82) is 0 Å². The lowest BCUT2D eigenvalue weighted by atomic mass is 10.2. The normalized spacial score (nSPS) is 12.5. The van der Waals surface area contributed by atoms with Gasteiger partial charge in [-0.2, -0.15) is 0 Å². The van der Waals surface area contributed by atoms with Crippen LogP contribution in [0.5, 0.6) is 0 Å². The Morgan fingerprint density at radius 3 is 2.52 bits per heavy atom. The highest BCUT2D eigenvalue weighted by Crippen LogP contribution is 2.17. The highest BCUT2D eigenvalue weighted by atomic mass is 32.2. The summed E-state index contributed by atoms with van der Waals surface area (Å²) in [7, 11) is -3.76. The van der Waals surface area contributed by atoms with Crippen LogP contribution in [0, 0.1) is 0 Å². The van der Waals surface area contributed by atoms with Crippen LogP contribution in [-0.2, 0) is 16.6 Å². The van der Waals surface area contributed by atoms with Crippen LogP contribution in [0.15, 0.2) is 83.8 Å². The van der Waals surface area contributed by atoms with E-state index < -0.39 is 10.0 Å². The number of carbonyl (C=O) groups excluding carboxylic acids is 1. The molecule has 1 amide bonds. The lowest BCUT2D eigenvalue weighted by Gasteiger charge is -2.12. The van der Waals surface area contributed by atoms with E-state index in [1.165, 1.54) is 12.1 Å². The van der Waals surface area contributed by atoms with E-state index >= 15 is 0 Å². The average Bonchev–Trinajstić information content (AvgIpc) is 3.23. The van der Waals surface area contributed by atoms with E-state index in [1.807, 2.05) is 61.5 Å². The minimum Gasteiger partial charge on any atom is -0.342 e. The summed E-state index contributed by atoms with van der Waals surface area (Å²) in [5, 5.41) is 2.86. The minimum atomic E-state index is -3.76. The molecule has 8 heteroatoms. The number of hydrogen-bond donors (Lipinski definition) is 3. The summed E-state index contributed by atoms with van der Waals surface area (Å²) in [4.78, 5) is 20.5. The predicted molar refractivity (Wildman–Crippen MR) is 119 cm³/mol. The van der Waals surface area contributed by atoms with Crippen molar-refractivity contribution in [2.24, 2.45) is 0 Å². The molecule has 3 N–H and O–H groups in total. The quantitative estimate of drug-likeness (QED) is 0.414. The van der Waals surface area contributed by atoms with Crippen LogP contribution in [0.4, 0.5) is 0 Å². The van der Waals surface area contributed by atoms with E-state index in [1.54, 1.807) is 12.1 Å². The number of sulfonamides is 1. The number of hydrogen-bond acceptors (Lipinski definition) is 4. The predicted octanol–water partition coefficient (Wildman–Crippen LogP) is 3.53. The standard InChI is InChI=1S/C23H22N4O3S/c1-16(22-26-20-12-5-6-13-21(20)27-22)25-23(28)18-10-7-11-19(14-18)31(29,30)24-15-17-8-3-2-4-9-17/h2-14,16,24H,15H2,1H3,(H,25,28)(H,26,27). The molecule has 0 bridgehead atoms. The molecule has 4 rings (SSSR count). The van der Waals surface area contributed by atoms with E-state index in [2.05, 4.69) is 20.0 Å². The number of nitrogens with zero attached hydrogens (tertiary/aromatic N) is 1. The number of para-hydroxylation sites is 2. The number of benzene rings is 3. The molecule has 0 aliphatic rings. The maximum atomic E-state index is 12.7. The summed E-state index contributed by atoms with van der Waals surface area (Å²) in [6.45, 7) is 1.99. The highest BCUT2D eigenvalue weighted by molar-refractivity contribution is 7.89. The fourth-order valence-electron chi connectivity index (χ4n) is 3.19. The summed E-state index contributed by atoms with van der Waals surface area (Å²) in [5.74, 6) is 0.246. The number of carbonyl (C=O) groups is 1. The first-order valence-electron chi connectivity index (χ1n) is 9.81.